The van der Waals surface area contributed by atoms with Crippen LogP contribution in [-0.2, 0) is 11.3 Å². The van der Waals surface area contributed by atoms with E-state index in [1.165, 1.54) is 5.56 Å². The Kier molecular flexibility index (Phi) is 6.02. The normalized spacial score (nSPS) is 16.2. The Morgan fingerprint density at radius 1 is 1.30 bits per heavy atom. The predicted molar refractivity (Wildman–Crippen MR) is 92.4 cm³/mol. The van der Waals surface area contributed by atoms with E-state index in [0.29, 0.717) is 12.6 Å². The molecule has 0 radical (unpaired) electrons. The van der Waals surface area contributed by atoms with E-state index < -0.39 is 5.60 Å². The van der Waals surface area contributed by atoms with E-state index in [9.17, 15) is 4.79 Å². The number of benzene rings is 1. The highest BCUT2D eigenvalue weighted by molar-refractivity contribution is 5.67. The molecule has 0 saturated carbocycles. The Balaban J connectivity index is 1.59. The molecule has 1 aromatic carbocycles. The van der Waals surface area contributed by atoms with Crippen LogP contribution in [0.15, 0.2) is 30.3 Å². The van der Waals surface area contributed by atoms with Crippen molar-refractivity contribution in [1.29, 1.82) is 0 Å². The van der Waals surface area contributed by atoms with Crippen molar-refractivity contribution in [3.8, 4) is 0 Å². The van der Waals surface area contributed by atoms with Crippen molar-refractivity contribution in [3.63, 3.8) is 0 Å². The molecule has 5 heteroatoms. The minimum Gasteiger partial charge on any atom is -0.444 e. The van der Waals surface area contributed by atoms with Gasteiger partial charge in [0, 0.05) is 38.8 Å². The first kappa shape index (κ1) is 17.8. The quantitative estimate of drug-likeness (QED) is 0.874. The average molecular weight is 319 g/mol. The predicted octanol–water partition coefficient (Wildman–Crippen LogP) is 2.33. The summed E-state index contributed by atoms with van der Waals surface area (Å²) in [6.07, 6.45) is -0.337. The molecule has 0 spiro atoms. The first-order valence-corrected chi connectivity index (χ1v) is 8.27. The number of ether oxygens (including phenoxy) is 1. The summed E-state index contributed by atoms with van der Waals surface area (Å²) >= 11 is 0. The van der Waals surface area contributed by atoms with Crippen molar-refractivity contribution in [1.82, 2.24) is 15.1 Å². The number of nitrogens with one attached hydrogen (secondary N) is 1. The zero-order valence-corrected chi connectivity index (χ0v) is 14.7. The molecule has 1 aromatic rings. The zero-order chi connectivity index (χ0) is 16.9. The number of carbonyl (C=O) groups is 1. The molecular formula is C18H29N3O2. The Bertz CT molecular complexity index is 493. The lowest BCUT2D eigenvalue weighted by molar-refractivity contribution is 0.0392. The van der Waals surface area contributed by atoms with E-state index in [2.05, 4.69) is 46.4 Å². The SMILES string of the molecule is CN(Cc1ccccc1)C1CN(CCNC(=O)OC(C)(C)C)C1. The van der Waals surface area contributed by atoms with Gasteiger partial charge in [-0.05, 0) is 33.4 Å². The molecule has 0 bridgehead atoms. The number of likely N-dealkylation sites (tertiary alicyclic amines) is 1. The van der Waals surface area contributed by atoms with E-state index in [1.807, 2.05) is 26.8 Å². The van der Waals surface area contributed by atoms with Gasteiger partial charge in [0.2, 0.25) is 0 Å². The number of hydrogen-bond acceptors (Lipinski definition) is 4. The second kappa shape index (κ2) is 7.79. The van der Waals surface area contributed by atoms with Crippen molar-refractivity contribution in [2.45, 2.75) is 39.0 Å². The number of carbonyl (C=O) groups excluding carboxylic acids is 1. The molecule has 1 aliphatic rings. The smallest absolute Gasteiger partial charge is 0.407 e. The highest BCUT2D eigenvalue weighted by Crippen LogP contribution is 2.15. The minimum atomic E-state index is -0.438. The largest absolute Gasteiger partial charge is 0.444 e. The Morgan fingerprint density at radius 2 is 1.96 bits per heavy atom. The van der Waals surface area contributed by atoms with Gasteiger partial charge in [-0.15, -0.1) is 0 Å². The molecule has 2 rings (SSSR count). The van der Waals surface area contributed by atoms with Crippen molar-refractivity contribution >= 4 is 6.09 Å². The molecular weight excluding hydrogens is 290 g/mol. The third kappa shape index (κ3) is 6.20. The molecule has 1 N–H and O–H groups in total. The van der Waals surface area contributed by atoms with Gasteiger partial charge in [-0.2, -0.15) is 0 Å². The third-order valence-electron chi connectivity index (χ3n) is 3.93. The lowest BCUT2D eigenvalue weighted by Crippen LogP contribution is -2.59. The minimum absolute atomic E-state index is 0.337. The highest BCUT2D eigenvalue weighted by Gasteiger charge is 2.29. The second-order valence-corrected chi connectivity index (χ2v) is 7.24. The van der Waals surface area contributed by atoms with Gasteiger partial charge in [0.05, 0.1) is 0 Å². The average Bonchev–Trinajstić information content (AvgIpc) is 2.40. The standard InChI is InChI=1S/C18H29N3O2/c1-18(2,3)23-17(22)19-10-11-21-13-16(14-21)20(4)12-15-8-6-5-7-9-15/h5-9,16H,10-14H2,1-4H3,(H,19,22). The second-order valence-electron chi connectivity index (χ2n) is 7.24. The number of amides is 1. The van der Waals surface area contributed by atoms with E-state index in [0.717, 1.165) is 26.2 Å². The molecule has 0 unspecified atom stereocenters. The summed E-state index contributed by atoms with van der Waals surface area (Å²) in [4.78, 5) is 16.3. The molecule has 23 heavy (non-hydrogen) atoms. The van der Waals surface area contributed by atoms with Gasteiger partial charge in [0.1, 0.15) is 5.60 Å². The molecule has 0 atom stereocenters. The fraction of sp³-hybridized carbons (Fsp3) is 0.611. The number of hydrogen-bond donors (Lipinski definition) is 1. The fourth-order valence-corrected chi connectivity index (χ4v) is 2.63. The number of likely N-dealkylation sites (N-methyl/N-ethyl adjacent to an activating group) is 1. The molecule has 1 amide bonds. The van der Waals surface area contributed by atoms with Crippen molar-refractivity contribution < 1.29 is 9.53 Å². The van der Waals surface area contributed by atoms with Gasteiger partial charge < -0.3 is 10.1 Å². The van der Waals surface area contributed by atoms with E-state index >= 15 is 0 Å². The summed E-state index contributed by atoms with van der Waals surface area (Å²) in [5.41, 5.74) is 0.909. The molecule has 0 aliphatic carbocycles. The summed E-state index contributed by atoms with van der Waals surface area (Å²) in [5.74, 6) is 0. The summed E-state index contributed by atoms with van der Waals surface area (Å²) in [6.45, 7) is 10.2. The van der Waals surface area contributed by atoms with Crippen LogP contribution in [0.2, 0.25) is 0 Å². The molecule has 1 saturated heterocycles. The molecule has 1 aliphatic heterocycles. The van der Waals surface area contributed by atoms with Crippen LogP contribution in [0.5, 0.6) is 0 Å². The Hall–Kier alpha value is -1.59. The number of rotatable bonds is 6. The lowest BCUT2D eigenvalue weighted by Gasteiger charge is -2.44. The van der Waals surface area contributed by atoms with E-state index in [4.69, 9.17) is 4.74 Å². The summed E-state index contributed by atoms with van der Waals surface area (Å²) in [5, 5.41) is 2.81. The van der Waals surface area contributed by atoms with Gasteiger partial charge in [0.25, 0.3) is 0 Å². The van der Waals surface area contributed by atoms with E-state index in [1.54, 1.807) is 0 Å². The molecule has 1 heterocycles. The zero-order valence-electron chi connectivity index (χ0n) is 14.7. The van der Waals surface area contributed by atoms with Crippen molar-refractivity contribution in [3.05, 3.63) is 35.9 Å². The molecule has 5 nitrogen and oxygen atoms in total. The Morgan fingerprint density at radius 3 is 2.57 bits per heavy atom. The van der Waals surface area contributed by atoms with Crippen LogP contribution < -0.4 is 5.32 Å². The third-order valence-corrected chi connectivity index (χ3v) is 3.93. The van der Waals surface area contributed by atoms with Crippen LogP contribution in [0.25, 0.3) is 0 Å². The van der Waals surface area contributed by atoms with Gasteiger partial charge in [-0.25, -0.2) is 4.79 Å². The van der Waals surface area contributed by atoms with Crippen molar-refractivity contribution in [2.75, 3.05) is 33.2 Å². The van der Waals surface area contributed by atoms with Crippen LogP contribution in [0.4, 0.5) is 4.79 Å². The first-order chi connectivity index (χ1) is 10.8. The van der Waals surface area contributed by atoms with E-state index in [-0.39, 0.29) is 6.09 Å². The lowest BCUT2D eigenvalue weighted by atomic mass is 10.1. The van der Waals surface area contributed by atoms with Gasteiger partial charge in [-0.1, -0.05) is 30.3 Å². The summed E-state index contributed by atoms with van der Waals surface area (Å²) in [6, 6.07) is 11.1. The maximum atomic E-state index is 11.6. The van der Waals surface area contributed by atoms with Gasteiger partial charge >= 0.3 is 6.09 Å². The van der Waals surface area contributed by atoms with Crippen molar-refractivity contribution in [2.24, 2.45) is 0 Å². The topological polar surface area (TPSA) is 44.8 Å². The maximum absolute atomic E-state index is 11.6. The number of alkyl carbamates (subject to hydrolysis) is 1. The van der Waals surface area contributed by atoms with Gasteiger partial charge in [-0.3, -0.25) is 9.80 Å². The fourth-order valence-electron chi connectivity index (χ4n) is 2.63. The molecule has 0 aromatic heterocycles. The summed E-state index contributed by atoms with van der Waals surface area (Å²) in [7, 11) is 2.17. The molecule has 128 valence electrons. The van der Waals surface area contributed by atoms with Crippen LogP contribution >= 0.6 is 0 Å². The van der Waals surface area contributed by atoms with Crippen LogP contribution in [0.3, 0.4) is 0 Å². The maximum Gasteiger partial charge on any atom is 0.407 e. The van der Waals surface area contributed by atoms with Crippen LogP contribution in [0, 0.1) is 0 Å². The Labute approximate surface area is 139 Å². The van der Waals surface area contributed by atoms with Gasteiger partial charge in [0.15, 0.2) is 0 Å². The number of nitrogens with zero attached hydrogens (tertiary/aromatic N) is 2. The van der Waals surface area contributed by atoms with Crippen LogP contribution in [-0.4, -0.2) is 60.8 Å². The monoisotopic (exact) mass is 319 g/mol. The van der Waals surface area contributed by atoms with Crippen LogP contribution in [0.1, 0.15) is 26.3 Å². The summed E-state index contributed by atoms with van der Waals surface area (Å²) < 4.78 is 5.22. The highest BCUT2D eigenvalue weighted by atomic mass is 16.6. The molecule has 1 fully saturated rings. The first-order valence-electron chi connectivity index (χ1n) is 8.27.